The van der Waals surface area contributed by atoms with Crippen LogP contribution in [0.4, 0.5) is 4.79 Å². The summed E-state index contributed by atoms with van der Waals surface area (Å²) < 4.78 is 4.82. The fourth-order valence-corrected chi connectivity index (χ4v) is 9.05. The van der Waals surface area contributed by atoms with E-state index in [1.807, 2.05) is 36.0 Å². The average molecular weight is 694 g/mol. The molecule has 4 fully saturated rings. The zero-order valence-electron chi connectivity index (χ0n) is 29.9. The highest BCUT2D eigenvalue weighted by atomic mass is 16.5. The highest BCUT2D eigenvalue weighted by Gasteiger charge is 2.55. The standard InChI is InChI=1S/C41H44BN7O3/c1-23(2)35(47-40(51)52-3)39(50)48-22-41(14-15-41)19-34(48)37-43-21-33(45-37)29-11-10-27-16-26(8-9-28(27)17-29)24-4-6-25(7-5-24)32-20-44-38(46-32)36-30-12-13-31(18-30)49(36)42/h4-11,16-17,20-21,23,30-31,34-36H,12-15,18-19,22H2,1-3H3,(H,43,45)(H,44,46)(H,47,51). The summed E-state index contributed by atoms with van der Waals surface area (Å²) in [6.07, 6.45) is 9.87. The second kappa shape index (κ2) is 12.7. The molecule has 2 bridgehead atoms. The largest absolute Gasteiger partial charge is 0.453 e. The summed E-state index contributed by atoms with van der Waals surface area (Å²) in [5.74, 6) is 2.17. The van der Waals surface area contributed by atoms with Gasteiger partial charge in [-0.3, -0.25) is 4.79 Å². The number of piperidine rings is 1. The highest BCUT2D eigenvalue weighted by molar-refractivity contribution is 6.05. The first-order chi connectivity index (χ1) is 25.2. The van der Waals surface area contributed by atoms with Crippen molar-refractivity contribution in [2.24, 2.45) is 17.3 Å². The van der Waals surface area contributed by atoms with E-state index in [1.165, 1.54) is 26.4 Å². The van der Waals surface area contributed by atoms with Crippen molar-refractivity contribution in [3.8, 4) is 33.6 Å². The lowest BCUT2D eigenvalue weighted by molar-refractivity contribution is -0.135. The van der Waals surface area contributed by atoms with Gasteiger partial charge in [0.25, 0.3) is 0 Å². The van der Waals surface area contributed by atoms with Gasteiger partial charge < -0.3 is 29.7 Å². The van der Waals surface area contributed by atoms with Gasteiger partial charge in [-0.1, -0.05) is 62.4 Å². The molecule has 1 spiro atoms. The van der Waals surface area contributed by atoms with Crippen LogP contribution in [-0.4, -0.2) is 75.4 Å². The summed E-state index contributed by atoms with van der Waals surface area (Å²) in [6.45, 7) is 4.55. The SMILES string of the molecule is [B]N1C2CCC(C2)C1c1ncc(-c2ccc(-c3ccc4cc(-c5cnc(C6CC7(CC7)CN6C(=O)C(NC(=O)OC)C(C)C)[nH]5)ccc4c3)cc2)[nH]1. The van der Waals surface area contributed by atoms with Crippen LogP contribution < -0.4 is 5.32 Å². The molecule has 5 unspecified atom stereocenters. The van der Waals surface area contributed by atoms with Crippen molar-refractivity contribution in [2.75, 3.05) is 13.7 Å². The minimum absolute atomic E-state index is 0.0850. The first kappa shape index (κ1) is 33.0. The van der Waals surface area contributed by atoms with Crippen molar-refractivity contribution in [3.63, 3.8) is 0 Å². The summed E-state index contributed by atoms with van der Waals surface area (Å²) >= 11 is 0. The molecule has 5 atom stereocenters. The normalized spacial score (nSPS) is 23.9. The zero-order valence-corrected chi connectivity index (χ0v) is 29.9. The van der Waals surface area contributed by atoms with Crippen molar-refractivity contribution < 1.29 is 14.3 Å². The van der Waals surface area contributed by atoms with Crippen LogP contribution >= 0.6 is 0 Å². The van der Waals surface area contributed by atoms with E-state index >= 15 is 0 Å². The second-order valence-electron chi connectivity index (χ2n) is 15.9. The van der Waals surface area contributed by atoms with E-state index in [4.69, 9.17) is 22.7 Å². The van der Waals surface area contributed by atoms with E-state index in [0.29, 0.717) is 18.5 Å². The Morgan fingerprint density at radius 3 is 2.19 bits per heavy atom. The predicted molar refractivity (Wildman–Crippen MR) is 201 cm³/mol. The van der Waals surface area contributed by atoms with Gasteiger partial charge in [0, 0.05) is 12.1 Å². The van der Waals surface area contributed by atoms with Crippen LogP contribution in [0, 0.1) is 17.3 Å². The molecule has 11 heteroatoms. The van der Waals surface area contributed by atoms with Gasteiger partial charge in [0.05, 0.1) is 43.0 Å². The lowest BCUT2D eigenvalue weighted by Crippen LogP contribution is -2.51. The smallest absolute Gasteiger partial charge is 0.407 e. The number of fused-ring (bicyclic) bond motifs is 3. The highest BCUT2D eigenvalue weighted by Crippen LogP contribution is 2.58. The predicted octanol–water partition coefficient (Wildman–Crippen LogP) is 7.33. The molecule has 2 radical (unpaired) electrons. The van der Waals surface area contributed by atoms with Crippen LogP contribution in [0.5, 0.6) is 0 Å². The summed E-state index contributed by atoms with van der Waals surface area (Å²) in [4.78, 5) is 46.5. The molecular weight excluding hydrogens is 649 g/mol. The molecule has 4 heterocycles. The van der Waals surface area contributed by atoms with E-state index in [1.54, 1.807) is 0 Å². The Hall–Kier alpha value is -4.90. The number of nitrogens with zero attached hydrogens (tertiary/aromatic N) is 4. The number of carbonyl (C=O) groups excluding carboxylic acids is 2. The van der Waals surface area contributed by atoms with E-state index < -0.39 is 12.1 Å². The maximum atomic E-state index is 13.9. The third kappa shape index (κ3) is 5.79. The summed E-state index contributed by atoms with van der Waals surface area (Å²) in [5.41, 5.74) is 6.52. The van der Waals surface area contributed by atoms with Gasteiger partial charge in [-0.25, -0.2) is 14.8 Å². The number of nitrogens with one attached hydrogen (secondary N) is 3. The number of alkyl carbamates (subject to hydrolysis) is 1. The Kier molecular flexibility index (Phi) is 8.02. The zero-order chi connectivity index (χ0) is 35.7. The summed E-state index contributed by atoms with van der Waals surface area (Å²) in [6, 6.07) is 21.5. The van der Waals surface area contributed by atoms with Gasteiger partial charge in [0.15, 0.2) is 7.98 Å². The summed E-state index contributed by atoms with van der Waals surface area (Å²) in [5, 5.41) is 5.05. The van der Waals surface area contributed by atoms with Crippen molar-refractivity contribution in [2.45, 2.75) is 76.5 Å². The van der Waals surface area contributed by atoms with E-state index in [-0.39, 0.29) is 29.3 Å². The van der Waals surface area contributed by atoms with Crippen LogP contribution in [-0.2, 0) is 9.53 Å². The quantitative estimate of drug-likeness (QED) is 0.147. The first-order valence-electron chi connectivity index (χ1n) is 18.6. The number of ether oxygens (including phenoxy) is 1. The second-order valence-corrected chi connectivity index (χ2v) is 15.9. The number of aromatic nitrogens is 4. The number of likely N-dealkylation sites (tertiary alicyclic amines) is 1. The molecular formula is C41H44BN7O3. The maximum Gasteiger partial charge on any atom is 0.407 e. The van der Waals surface area contributed by atoms with E-state index in [9.17, 15) is 9.59 Å². The molecule has 264 valence electrons. The van der Waals surface area contributed by atoms with Crippen molar-refractivity contribution in [3.05, 3.63) is 84.7 Å². The van der Waals surface area contributed by atoms with Gasteiger partial charge >= 0.3 is 6.09 Å². The van der Waals surface area contributed by atoms with E-state index in [0.717, 1.165) is 75.3 Å². The number of H-pyrrole nitrogens is 2. The van der Waals surface area contributed by atoms with Gasteiger partial charge in [-0.15, -0.1) is 0 Å². The third-order valence-electron chi connectivity index (χ3n) is 12.2. The Morgan fingerprint density at radius 2 is 1.52 bits per heavy atom. The molecule has 9 rings (SSSR count). The Balaban J connectivity index is 0.911. The molecule has 10 nitrogen and oxygen atoms in total. The average Bonchev–Trinajstić information content (AvgIpc) is 3.77. The number of methoxy groups -OCH3 is 1. The van der Waals surface area contributed by atoms with Crippen LogP contribution in [0.25, 0.3) is 44.4 Å². The number of hydrogen-bond donors (Lipinski definition) is 3. The van der Waals surface area contributed by atoms with Gasteiger partial charge in [-0.2, -0.15) is 0 Å². The van der Waals surface area contributed by atoms with E-state index in [2.05, 4.69) is 75.9 Å². The molecule has 2 aromatic heterocycles. The van der Waals surface area contributed by atoms with Crippen LogP contribution in [0.2, 0.25) is 0 Å². The van der Waals surface area contributed by atoms with Crippen LogP contribution in [0.1, 0.15) is 76.1 Å². The molecule has 5 aromatic rings. The number of carbonyl (C=O) groups is 2. The first-order valence-corrected chi connectivity index (χ1v) is 18.6. The number of amides is 2. The van der Waals surface area contributed by atoms with Gasteiger partial charge in [-0.05, 0) is 101 Å². The molecule has 52 heavy (non-hydrogen) atoms. The fraction of sp³-hybridized carbons (Fsp3) is 0.415. The number of aromatic amines is 2. The number of imidazole rings is 2. The minimum Gasteiger partial charge on any atom is -0.453 e. The molecule has 4 aliphatic rings. The van der Waals surface area contributed by atoms with Crippen LogP contribution in [0.15, 0.2) is 73.1 Å². The lowest BCUT2D eigenvalue weighted by Gasteiger charge is -2.31. The molecule has 2 amide bonds. The number of hydrogen-bond acceptors (Lipinski definition) is 6. The molecule has 3 aromatic carbocycles. The van der Waals surface area contributed by atoms with Crippen LogP contribution in [0.3, 0.4) is 0 Å². The van der Waals surface area contributed by atoms with Crippen molar-refractivity contribution >= 4 is 30.8 Å². The van der Waals surface area contributed by atoms with Gasteiger partial charge in [0.1, 0.15) is 17.7 Å². The topological polar surface area (TPSA) is 119 Å². The van der Waals surface area contributed by atoms with Crippen molar-refractivity contribution in [1.82, 2.24) is 35.0 Å². The van der Waals surface area contributed by atoms with Gasteiger partial charge in [0.2, 0.25) is 5.91 Å². The van der Waals surface area contributed by atoms with Crippen molar-refractivity contribution in [1.29, 1.82) is 0 Å². The monoisotopic (exact) mass is 693 g/mol. The molecule has 3 N–H and O–H groups in total. The minimum atomic E-state index is -0.666. The Labute approximate surface area is 305 Å². The Bertz CT molecular complexity index is 2150. The molecule has 2 saturated carbocycles. The Morgan fingerprint density at radius 1 is 0.885 bits per heavy atom. The number of rotatable bonds is 8. The third-order valence-corrected chi connectivity index (χ3v) is 12.2. The lowest BCUT2D eigenvalue weighted by atomic mass is 9.96. The molecule has 2 aliphatic carbocycles. The maximum absolute atomic E-state index is 13.9. The molecule has 2 saturated heterocycles. The number of benzene rings is 3. The molecule has 2 aliphatic heterocycles. The fourth-order valence-electron chi connectivity index (χ4n) is 9.05. The summed E-state index contributed by atoms with van der Waals surface area (Å²) in [7, 11) is 7.74.